The summed E-state index contributed by atoms with van der Waals surface area (Å²) in [4.78, 5) is 16.9. The molecular weight excluding hydrogens is 353 g/mol. The van der Waals surface area contributed by atoms with Gasteiger partial charge in [-0.15, -0.1) is 11.3 Å². The van der Waals surface area contributed by atoms with Gasteiger partial charge in [-0.05, 0) is 41.8 Å². The number of rotatable bonds is 4. The predicted octanol–water partition coefficient (Wildman–Crippen LogP) is 5.45. The van der Waals surface area contributed by atoms with Crippen molar-refractivity contribution in [1.29, 1.82) is 0 Å². The van der Waals surface area contributed by atoms with Crippen LogP contribution in [0.1, 0.15) is 9.67 Å². The number of halogens is 2. The Morgan fingerprint density at radius 1 is 1.04 bits per heavy atom. The van der Waals surface area contributed by atoms with E-state index in [0.717, 1.165) is 5.69 Å². The van der Waals surface area contributed by atoms with Crippen LogP contribution in [0.25, 0.3) is 0 Å². The molecular formula is C16H11Cl2N3OS. The van der Waals surface area contributed by atoms with Crippen LogP contribution >= 0.6 is 34.5 Å². The van der Waals surface area contributed by atoms with Crippen molar-refractivity contribution in [1.82, 2.24) is 4.98 Å². The largest absolute Gasteiger partial charge is 0.340 e. The highest BCUT2D eigenvalue weighted by Gasteiger charge is 2.07. The molecule has 2 aromatic heterocycles. The normalized spacial score (nSPS) is 10.3. The van der Waals surface area contributed by atoms with E-state index in [1.54, 1.807) is 36.5 Å². The molecule has 1 aromatic carbocycles. The summed E-state index contributed by atoms with van der Waals surface area (Å²) in [6.07, 6.45) is 1.59. The van der Waals surface area contributed by atoms with Crippen LogP contribution in [-0.4, -0.2) is 10.9 Å². The van der Waals surface area contributed by atoms with Crippen LogP contribution in [0.2, 0.25) is 10.0 Å². The van der Waals surface area contributed by atoms with Crippen LogP contribution in [-0.2, 0) is 0 Å². The molecule has 116 valence electrons. The van der Waals surface area contributed by atoms with Crippen LogP contribution in [0.4, 0.5) is 17.2 Å². The second kappa shape index (κ2) is 7.00. The summed E-state index contributed by atoms with van der Waals surface area (Å²) in [6, 6.07) is 12.4. The fraction of sp³-hybridized carbons (Fsp3) is 0. The third kappa shape index (κ3) is 4.01. The van der Waals surface area contributed by atoms with E-state index in [1.165, 1.54) is 11.3 Å². The molecule has 0 spiro atoms. The van der Waals surface area contributed by atoms with Gasteiger partial charge in [0.1, 0.15) is 5.82 Å². The molecule has 4 nitrogen and oxygen atoms in total. The quantitative estimate of drug-likeness (QED) is 0.648. The first-order valence-electron chi connectivity index (χ1n) is 6.65. The molecule has 0 aliphatic carbocycles. The first-order valence-corrected chi connectivity index (χ1v) is 8.28. The highest BCUT2D eigenvalue weighted by atomic mass is 35.5. The monoisotopic (exact) mass is 363 g/mol. The number of nitrogens with one attached hydrogen (secondary N) is 2. The number of pyridine rings is 1. The van der Waals surface area contributed by atoms with Gasteiger partial charge in [0.25, 0.3) is 5.91 Å². The van der Waals surface area contributed by atoms with E-state index in [4.69, 9.17) is 23.2 Å². The first-order chi connectivity index (χ1) is 11.1. The molecule has 0 atom stereocenters. The standard InChI is InChI=1S/C16H11Cl2N3OS/c17-12-5-3-10(8-13(12)18)20-15-6-4-11(9-19-15)21-16(22)14-2-1-7-23-14/h1-9H,(H,19,20)(H,21,22). The Balaban J connectivity index is 1.67. The number of thiophene rings is 1. The lowest BCUT2D eigenvalue weighted by Gasteiger charge is -2.08. The van der Waals surface area contributed by atoms with Gasteiger partial charge < -0.3 is 10.6 Å². The Labute approximate surface area is 147 Å². The van der Waals surface area contributed by atoms with Gasteiger partial charge in [0.2, 0.25) is 0 Å². The fourth-order valence-electron chi connectivity index (χ4n) is 1.86. The van der Waals surface area contributed by atoms with Crippen molar-refractivity contribution < 1.29 is 4.79 Å². The molecule has 0 radical (unpaired) electrons. The van der Waals surface area contributed by atoms with E-state index in [-0.39, 0.29) is 5.91 Å². The van der Waals surface area contributed by atoms with Crippen molar-refractivity contribution in [2.45, 2.75) is 0 Å². The second-order valence-corrected chi connectivity index (χ2v) is 6.38. The van der Waals surface area contributed by atoms with E-state index < -0.39 is 0 Å². The van der Waals surface area contributed by atoms with E-state index >= 15 is 0 Å². The minimum absolute atomic E-state index is 0.146. The van der Waals surface area contributed by atoms with Gasteiger partial charge in [-0.25, -0.2) is 4.98 Å². The molecule has 0 unspecified atom stereocenters. The Bertz CT molecular complexity index is 820. The summed E-state index contributed by atoms with van der Waals surface area (Å²) in [6.45, 7) is 0. The number of nitrogens with zero attached hydrogens (tertiary/aromatic N) is 1. The SMILES string of the molecule is O=C(Nc1ccc(Nc2ccc(Cl)c(Cl)c2)nc1)c1cccs1. The van der Waals surface area contributed by atoms with Crippen molar-refractivity contribution in [3.8, 4) is 0 Å². The Kier molecular flexibility index (Phi) is 4.81. The maximum absolute atomic E-state index is 11.9. The van der Waals surface area contributed by atoms with Gasteiger partial charge in [-0.2, -0.15) is 0 Å². The average molecular weight is 364 g/mol. The smallest absolute Gasteiger partial charge is 0.265 e. The average Bonchev–Trinajstić information content (AvgIpc) is 3.07. The third-order valence-electron chi connectivity index (χ3n) is 2.96. The zero-order valence-electron chi connectivity index (χ0n) is 11.7. The molecule has 0 bridgehead atoms. The van der Waals surface area contributed by atoms with Gasteiger partial charge in [0.05, 0.1) is 26.8 Å². The number of amides is 1. The molecule has 0 fully saturated rings. The zero-order valence-corrected chi connectivity index (χ0v) is 14.0. The summed E-state index contributed by atoms with van der Waals surface area (Å²) in [5, 5.41) is 8.73. The highest BCUT2D eigenvalue weighted by molar-refractivity contribution is 7.12. The number of carbonyl (C=O) groups excluding carboxylic acids is 1. The first kappa shape index (κ1) is 15.8. The second-order valence-electron chi connectivity index (χ2n) is 4.62. The van der Waals surface area contributed by atoms with Crippen LogP contribution in [0, 0.1) is 0 Å². The fourth-order valence-corrected chi connectivity index (χ4v) is 2.78. The van der Waals surface area contributed by atoms with Crippen LogP contribution in [0.3, 0.4) is 0 Å². The molecule has 0 aliphatic rings. The minimum Gasteiger partial charge on any atom is -0.340 e. The number of anilines is 3. The topological polar surface area (TPSA) is 54.0 Å². The molecule has 7 heteroatoms. The van der Waals surface area contributed by atoms with Gasteiger partial charge in [-0.3, -0.25) is 4.79 Å². The van der Waals surface area contributed by atoms with Crippen molar-refractivity contribution >= 4 is 57.6 Å². The highest BCUT2D eigenvalue weighted by Crippen LogP contribution is 2.26. The maximum Gasteiger partial charge on any atom is 0.265 e. The van der Waals surface area contributed by atoms with Gasteiger partial charge >= 0.3 is 0 Å². The number of carbonyl (C=O) groups is 1. The van der Waals surface area contributed by atoms with E-state index in [9.17, 15) is 4.79 Å². The Morgan fingerprint density at radius 2 is 1.87 bits per heavy atom. The molecule has 0 aliphatic heterocycles. The Morgan fingerprint density at radius 3 is 2.52 bits per heavy atom. The number of aromatic nitrogens is 1. The number of hydrogen-bond donors (Lipinski definition) is 2. The van der Waals surface area contributed by atoms with Gasteiger partial charge in [-0.1, -0.05) is 29.3 Å². The van der Waals surface area contributed by atoms with Crippen molar-refractivity contribution in [3.05, 3.63) is 69.0 Å². The molecule has 1 amide bonds. The molecule has 0 saturated carbocycles. The van der Waals surface area contributed by atoms with Crippen molar-refractivity contribution in [2.75, 3.05) is 10.6 Å². The van der Waals surface area contributed by atoms with Crippen LogP contribution in [0.15, 0.2) is 54.0 Å². The summed E-state index contributed by atoms with van der Waals surface area (Å²) >= 11 is 13.2. The lowest BCUT2D eigenvalue weighted by atomic mass is 10.3. The van der Waals surface area contributed by atoms with Crippen LogP contribution < -0.4 is 10.6 Å². The summed E-state index contributed by atoms with van der Waals surface area (Å²) in [5.74, 6) is 0.490. The third-order valence-corrected chi connectivity index (χ3v) is 4.57. The number of hydrogen-bond acceptors (Lipinski definition) is 4. The molecule has 2 N–H and O–H groups in total. The molecule has 2 heterocycles. The predicted molar refractivity (Wildman–Crippen MR) is 96.3 cm³/mol. The Hall–Kier alpha value is -2.08. The lowest BCUT2D eigenvalue weighted by molar-refractivity contribution is 0.103. The van der Waals surface area contributed by atoms with Crippen molar-refractivity contribution in [2.24, 2.45) is 0 Å². The van der Waals surface area contributed by atoms with E-state index in [1.807, 2.05) is 17.5 Å². The molecule has 3 rings (SSSR count). The van der Waals surface area contributed by atoms with E-state index in [2.05, 4.69) is 15.6 Å². The zero-order chi connectivity index (χ0) is 16.2. The van der Waals surface area contributed by atoms with E-state index in [0.29, 0.717) is 26.4 Å². The maximum atomic E-state index is 11.9. The van der Waals surface area contributed by atoms with Gasteiger partial charge in [0.15, 0.2) is 0 Å². The molecule has 3 aromatic rings. The van der Waals surface area contributed by atoms with Gasteiger partial charge in [0, 0.05) is 5.69 Å². The number of benzene rings is 1. The molecule has 0 saturated heterocycles. The molecule has 23 heavy (non-hydrogen) atoms. The van der Waals surface area contributed by atoms with Crippen LogP contribution in [0.5, 0.6) is 0 Å². The van der Waals surface area contributed by atoms with Crippen molar-refractivity contribution in [3.63, 3.8) is 0 Å². The summed E-state index contributed by atoms with van der Waals surface area (Å²) in [7, 11) is 0. The minimum atomic E-state index is -0.146. The summed E-state index contributed by atoms with van der Waals surface area (Å²) in [5.41, 5.74) is 1.41. The lowest BCUT2D eigenvalue weighted by Crippen LogP contribution is -2.10. The summed E-state index contributed by atoms with van der Waals surface area (Å²) < 4.78 is 0.